The summed E-state index contributed by atoms with van der Waals surface area (Å²) in [6.07, 6.45) is 4.29. The van der Waals surface area contributed by atoms with Gasteiger partial charge in [-0.1, -0.05) is 25.5 Å². The number of anilines is 1. The average molecular weight is 309 g/mol. The predicted molar refractivity (Wildman–Crippen MR) is 85.1 cm³/mol. The molecule has 116 valence electrons. The number of amides is 1. The van der Waals surface area contributed by atoms with Gasteiger partial charge in [0, 0.05) is 12.1 Å². The fourth-order valence-electron chi connectivity index (χ4n) is 2.64. The lowest BCUT2D eigenvalue weighted by atomic mass is 10.0. The molecule has 1 atom stereocenters. The highest BCUT2D eigenvalue weighted by molar-refractivity contribution is 7.91. The van der Waals surface area contributed by atoms with Crippen molar-refractivity contribution in [3.8, 4) is 0 Å². The first-order valence-corrected chi connectivity index (χ1v) is 9.40. The van der Waals surface area contributed by atoms with E-state index < -0.39 is 9.84 Å². The standard InChI is InChI=1S/C16H23NO3S/c1-2-3-4-13-5-7-15(8-6-13)17-16(18)11-14-9-10-21(19,20)12-14/h5-8,14H,2-4,9-12H2,1H3,(H,17,18)/t14-/m0/s1. The molecule has 0 bridgehead atoms. The van der Waals surface area contributed by atoms with Crippen molar-refractivity contribution in [2.24, 2.45) is 5.92 Å². The van der Waals surface area contributed by atoms with Crippen LogP contribution in [0.25, 0.3) is 0 Å². The van der Waals surface area contributed by atoms with Crippen molar-refractivity contribution in [3.63, 3.8) is 0 Å². The second-order valence-electron chi connectivity index (χ2n) is 5.82. The number of hydrogen-bond acceptors (Lipinski definition) is 3. The smallest absolute Gasteiger partial charge is 0.224 e. The van der Waals surface area contributed by atoms with Gasteiger partial charge in [0.25, 0.3) is 0 Å². The maximum absolute atomic E-state index is 11.9. The maximum atomic E-state index is 11.9. The lowest BCUT2D eigenvalue weighted by Gasteiger charge is -2.09. The summed E-state index contributed by atoms with van der Waals surface area (Å²) in [6, 6.07) is 7.89. The summed E-state index contributed by atoms with van der Waals surface area (Å²) in [6.45, 7) is 2.16. The van der Waals surface area contributed by atoms with Crippen LogP contribution in [0.15, 0.2) is 24.3 Å². The zero-order valence-corrected chi connectivity index (χ0v) is 13.3. The summed E-state index contributed by atoms with van der Waals surface area (Å²) < 4.78 is 22.7. The van der Waals surface area contributed by atoms with Crippen molar-refractivity contribution in [1.29, 1.82) is 0 Å². The molecule has 0 aliphatic carbocycles. The van der Waals surface area contributed by atoms with Crippen molar-refractivity contribution in [1.82, 2.24) is 0 Å². The largest absolute Gasteiger partial charge is 0.326 e. The van der Waals surface area contributed by atoms with Crippen LogP contribution in [0.3, 0.4) is 0 Å². The molecule has 5 heteroatoms. The van der Waals surface area contributed by atoms with Crippen molar-refractivity contribution in [3.05, 3.63) is 29.8 Å². The minimum atomic E-state index is -2.91. The topological polar surface area (TPSA) is 63.2 Å². The van der Waals surface area contributed by atoms with Crippen molar-refractivity contribution < 1.29 is 13.2 Å². The Bertz CT molecular complexity index is 578. The third-order valence-corrected chi connectivity index (χ3v) is 5.69. The third-order valence-electron chi connectivity index (χ3n) is 3.86. The Morgan fingerprint density at radius 1 is 1.29 bits per heavy atom. The highest BCUT2D eigenvalue weighted by Gasteiger charge is 2.29. The Morgan fingerprint density at radius 2 is 2.00 bits per heavy atom. The van der Waals surface area contributed by atoms with Gasteiger partial charge in [-0.3, -0.25) is 4.79 Å². The lowest BCUT2D eigenvalue weighted by molar-refractivity contribution is -0.116. The van der Waals surface area contributed by atoms with E-state index in [9.17, 15) is 13.2 Å². The Balaban J connectivity index is 1.82. The number of benzene rings is 1. The monoisotopic (exact) mass is 309 g/mol. The molecule has 4 nitrogen and oxygen atoms in total. The van der Waals surface area contributed by atoms with E-state index in [2.05, 4.69) is 12.2 Å². The van der Waals surface area contributed by atoms with Gasteiger partial charge in [-0.2, -0.15) is 0 Å². The summed E-state index contributed by atoms with van der Waals surface area (Å²) in [5, 5.41) is 2.85. The Morgan fingerprint density at radius 3 is 2.57 bits per heavy atom. The molecule has 0 aromatic heterocycles. The van der Waals surface area contributed by atoms with Gasteiger partial charge in [0.1, 0.15) is 0 Å². The molecule has 1 aliphatic rings. The predicted octanol–water partition coefficient (Wildman–Crippen LogP) is 2.79. The summed E-state index contributed by atoms with van der Waals surface area (Å²) >= 11 is 0. The molecule has 2 rings (SSSR count). The van der Waals surface area contributed by atoms with Gasteiger partial charge in [0.15, 0.2) is 9.84 Å². The van der Waals surface area contributed by atoms with E-state index in [-0.39, 0.29) is 29.8 Å². The average Bonchev–Trinajstić information content (AvgIpc) is 2.77. The highest BCUT2D eigenvalue weighted by Crippen LogP contribution is 2.22. The maximum Gasteiger partial charge on any atom is 0.224 e. The van der Waals surface area contributed by atoms with Gasteiger partial charge in [-0.25, -0.2) is 8.42 Å². The first-order chi connectivity index (χ1) is 9.98. The van der Waals surface area contributed by atoms with Crippen LogP contribution in [0.1, 0.15) is 38.2 Å². The second-order valence-corrected chi connectivity index (χ2v) is 8.05. The SMILES string of the molecule is CCCCc1ccc(NC(=O)C[C@@H]2CCS(=O)(=O)C2)cc1. The number of aryl methyl sites for hydroxylation is 1. The van der Waals surface area contributed by atoms with E-state index in [4.69, 9.17) is 0 Å². The van der Waals surface area contributed by atoms with Crippen LogP contribution in [-0.2, 0) is 21.1 Å². The molecular weight excluding hydrogens is 286 g/mol. The molecule has 1 N–H and O–H groups in total. The summed E-state index contributed by atoms with van der Waals surface area (Å²) in [5.41, 5.74) is 2.05. The normalized spacial score (nSPS) is 20.3. The summed E-state index contributed by atoms with van der Waals surface area (Å²) in [4.78, 5) is 11.9. The molecule has 21 heavy (non-hydrogen) atoms. The molecule has 1 fully saturated rings. The van der Waals surface area contributed by atoms with Crippen molar-refractivity contribution in [2.45, 2.75) is 39.0 Å². The fraction of sp³-hybridized carbons (Fsp3) is 0.562. The van der Waals surface area contributed by atoms with E-state index in [1.807, 2.05) is 24.3 Å². The highest BCUT2D eigenvalue weighted by atomic mass is 32.2. The molecule has 0 spiro atoms. The van der Waals surface area contributed by atoms with E-state index >= 15 is 0 Å². The Kier molecular flexibility index (Phi) is 5.39. The molecule has 1 aliphatic heterocycles. The number of hydrogen-bond donors (Lipinski definition) is 1. The molecule has 0 radical (unpaired) electrons. The van der Waals surface area contributed by atoms with Crippen LogP contribution in [-0.4, -0.2) is 25.8 Å². The van der Waals surface area contributed by atoms with Gasteiger partial charge in [-0.05, 0) is 42.9 Å². The van der Waals surface area contributed by atoms with Crippen LogP contribution in [0, 0.1) is 5.92 Å². The van der Waals surface area contributed by atoms with Crippen LogP contribution in [0.2, 0.25) is 0 Å². The minimum Gasteiger partial charge on any atom is -0.326 e. The number of sulfone groups is 1. The van der Waals surface area contributed by atoms with Crippen LogP contribution < -0.4 is 5.32 Å². The second kappa shape index (κ2) is 7.07. The zero-order valence-electron chi connectivity index (χ0n) is 12.5. The van der Waals surface area contributed by atoms with Gasteiger partial charge >= 0.3 is 0 Å². The number of carbonyl (C=O) groups is 1. The Hall–Kier alpha value is -1.36. The minimum absolute atomic E-state index is 0.0289. The van der Waals surface area contributed by atoms with Crippen molar-refractivity contribution >= 4 is 21.4 Å². The van der Waals surface area contributed by atoms with E-state index in [0.29, 0.717) is 6.42 Å². The van der Waals surface area contributed by atoms with Gasteiger partial charge in [-0.15, -0.1) is 0 Å². The van der Waals surface area contributed by atoms with Gasteiger partial charge in [0.05, 0.1) is 11.5 Å². The number of rotatable bonds is 6. The summed E-state index contributed by atoms with van der Waals surface area (Å²) in [7, 11) is -2.91. The molecular formula is C16H23NO3S. The molecule has 0 saturated carbocycles. The van der Waals surface area contributed by atoms with Crippen LogP contribution in [0.4, 0.5) is 5.69 Å². The molecule has 1 aromatic rings. The van der Waals surface area contributed by atoms with Crippen LogP contribution >= 0.6 is 0 Å². The van der Waals surface area contributed by atoms with E-state index in [1.54, 1.807) is 0 Å². The Labute approximate surface area is 126 Å². The first-order valence-electron chi connectivity index (χ1n) is 7.58. The zero-order chi connectivity index (χ0) is 15.3. The third kappa shape index (κ3) is 5.16. The van der Waals surface area contributed by atoms with Crippen molar-refractivity contribution in [2.75, 3.05) is 16.8 Å². The van der Waals surface area contributed by atoms with Crippen LogP contribution in [0.5, 0.6) is 0 Å². The molecule has 1 amide bonds. The van der Waals surface area contributed by atoms with Gasteiger partial charge in [0.2, 0.25) is 5.91 Å². The number of unbranched alkanes of at least 4 members (excludes halogenated alkanes) is 1. The first kappa shape index (κ1) is 16.0. The number of nitrogens with one attached hydrogen (secondary N) is 1. The summed E-state index contributed by atoms with van der Waals surface area (Å²) in [5.74, 6) is 0.241. The van der Waals surface area contributed by atoms with E-state index in [0.717, 1.165) is 12.1 Å². The fourth-order valence-corrected chi connectivity index (χ4v) is 4.50. The lowest BCUT2D eigenvalue weighted by Crippen LogP contribution is -2.17. The molecule has 0 unspecified atom stereocenters. The molecule has 1 heterocycles. The quantitative estimate of drug-likeness (QED) is 0.879. The molecule has 1 saturated heterocycles. The van der Waals surface area contributed by atoms with Gasteiger partial charge < -0.3 is 5.32 Å². The van der Waals surface area contributed by atoms with E-state index in [1.165, 1.54) is 18.4 Å². The molecule has 1 aromatic carbocycles. The number of carbonyl (C=O) groups excluding carboxylic acids is 1.